The molecule has 0 bridgehead atoms. The summed E-state index contributed by atoms with van der Waals surface area (Å²) in [6.07, 6.45) is 4.24. The third kappa shape index (κ3) is 11.0. The molecule has 260 valence electrons. The summed E-state index contributed by atoms with van der Waals surface area (Å²) in [5.41, 5.74) is 7.10. The maximum absolute atomic E-state index is 14.5. The summed E-state index contributed by atoms with van der Waals surface area (Å²) in [4.78, 5) is 63.4. The first-order chi connectivity index (χ1) is 22.7. The predicted octanol–water partition coefficient (Wildman–Crippen LogP) is 6.12. The molecule has 3 rings (SSSR count). The van der Waals surface area contributed by atoms with Gasteiger partial charge in [-0.1, -0.05) is 52.8 Å². The van der Waals surface area contributed by atoms with E-state index in [2.05, 4.69) is 20.6 Å². The lowest BCUT2D eigenvalue weighted by atomic mass is 10.1. The fourth-order valence-corrected chi connectivity index (χ4v) is 5.65. The zero-order valence-electron chi connectivity index (χ0n) is 26.9. The van der Waals surface area contributed by atoms with Crippen molar-refractivity contribution in [3.63, 3.8) is 0 Å². The van der Waals surface area contributed by atoms with Gasteiger partial charge in [0.25, 0.3) is 11.8 Å². The molecular formula is C32H39Cl4N7O5. The van der Waals surface area contributed by atoms with E-state index in [0.717, 1.165) is 17.1 Å². The Hall–Kier alpha value is -3.55. The topological polar surface area (TPSA) is 163 Å². The SMILES string of the molecule is COC(=O)[C@H](Cc1c[nH]cn1)N(C(=O)[C@H](C)Nc1ccc(Cl)c(Cl)c1)N(C(=O)CCCCC(C)N)C(=O)[C@H](C)Nc1cc(Cl)cc(Cl)c1. The lowest BCUT2D eigenvalue weighted by molar-refractivity contribution is -0.184. The van der Waals surface area contributed by atoms with E-state index in [9.17, 15) is 19.2 Å². The van der Waals surface area contributed by atoms with Crippen molar-refractivity contribution in [2.24, 2.45) is 5.73 Å². The van der Waals surface area contributed by atoms with Gasteiger partial charge in [-0.15, -0.1) is 0 Å². The van der Waals surface area contributed by atoms with Crippen LogP contribution in [0.25, 0.3) is 0 Å². The van der Waals surface area contributed by atoms with E-state index >= 15 is 0 Å². The minimum absolute atomic E-state index is 0.0875. The van der Waals surface area contributed by atoms with Gasteiger partial charge >= 0.3 is 5.97 Å². The maximum atomic E-state index is 14.5. The standard InChI is InChI=1S/C32H39Cl4N7O5/c1-18(37)7-5-6-8-29(44)43(31(46)20(3)41-24-12-21(33)11-22(34)13-24)42(28(32(47)48-4)15-25-16-38-17-39-25)30(45)19(2)40-23-9-10-26(35)27(36)14-23/h9-14,16-20,28,40-41H,5-8,15,37H2,1-4H3,(H,38,39)/t18?,19-,20-,28-/m0/s1. The van der Waals surface area contributed by atoms with Crippen LogP contribution < -0.4 is 16.4 Å². The molecule has 0 aliphatic heterocycles. The number of unbranched alkanes of at least 4 members (excludes halogenated alkanes) is 1. The number of imide groups is 1. The number of esters is 1. The number of carbonyl (C=O) groups excluding carboxylic acids is 4. The Kier molecular flexibility index (Phi) is 14.8. The predicted molar refractivity (Wildman–Crippen MR) is 188 cm³/mol. The number of anilines is 2. The number of benzene rings is 2. The summed E-state index contributed by atoms with van der Waals surface area (Å²) >= 11 is 24.6. The number of carbonyl (C=O) groups is 4. The van der Waals surface area contributed by atoms with E-state index in [1.165, 1.54) is 38.5 Å². The van der Waals surface area contributed by atoms with Crippen LogP contribution in [-0.2, 0) is 30.3 Å². The quantitative estimate of drug-likeness (QED) is 0.0817. The molecule has 48 heavy (non-hydrogen) atoms. The van der Waals surface area contributed by atoms with Crippen molar-refractivity contribution in [2.45, 2.75) is 77.0 Å². The zero-order chi connectivity index (χ0) is 35.5. The average molecular weight is 744 g/mol. The highest BCUT2D eigenvalue weighted by Gasteiger charge is 2.43. The van der Waals surface area contributed by atoms with E-state index in [1.54, 1.807) is 24.3 Å². The van der Waals surface area contributed by atoms with Crippen LogP contribution in [0, 0.1) is 0 Å². The second-order valence-corrected chi connectivity index (χ2v) is 13.0. The fraction of sp³-hybridized carbons (Fsp3) is 0.406. The number of hydrogen-bond acceptors (Lipinski definition) is 9. The molecule has 1 heterocycles. The Balaban J connectivity index is 2.11. The van der Waals surface area contributed by atoms with Crippen LogP contribution in [0.4, 0.5) is 11.4 Å². The molecule has 0 fully saturated rings. The van der Waals surface area contributed by atoms with E-state index in [1.807, 2.05) is 6.92 Å². The van der Waals surface area contributed by atoms with Crippen molar-refractivity contribution in [3.8, 4) is 0 Å². The van der Waals surface area contributed by atoms with Gasteiger partial charge in [0.2, 0.25) is 5.91 Å². The number of hydrogen-bond donors (Lipinski definition) is 4. The average Bonchev–Trinajstić information content (AvgIpc) is 3.54. The van der Waals surface area contributed by atoms with Gasteiger partial charge in [0, 0.05) is 46.5 Å². The molecule has 16 heteroatoms. The number of amides is 3. The van der Waals surface area contributed by atoms with Crippen molar-refractivity contribution in [1.82, 2.24) is 20.0 Å². The molecule has 1 unspecified atom stereocenters. The Morgan fingerprint density at radius 2 is 1.54 bits per heavy atom. The van der Waals surface area contributed by atoms with E-state index in [4.69, 9.17) is 56.9 Å². The second-order valence-electron chi connectivity index (χ2n) is 11.3. The van der Waals surface area contributed by atoms with E-state index in [0.29, 0.717) is 51.4 Å². The Labute approximate surface area is 299 Å². The first-order valence-electron chi connectivity index (χ1n) is 15.2. The monoisotopic (exact) mass is 741 g/mol. The van der Waals surface area contributed by atoms with Crippen LogP contribution in [0.1, 0.15) is 52.1 Å². The molecule has 3 amide bonds. The molecule has 0 saturated heterocycles. The van der Waals surface area contributed by atoms with Crippen molar-refractivity contribution in [1.29, 1.82) is 0 Å². The number of H-pyrrole nitrogens is 1. The number of nitrogens with one attached hydrogen (secondary N) is 3. The van der Waals surface area contributed by atoms with Crippen LogP contribution in [0.2, 0.25) is 20.1 Å². The minimum Gasteiger partial charge on any atom is -0.467 e. The Bertz CT molecular complexity index is 1550. The summed E-state index contributed by atoms with van der Waals surface area (Å²) in [5, 5.41) is 8.78. The molecule has 2 aromatic carbocycles. The highest BCUT2D eigenvalue weighted by Crippen LogP contribution is 2.27. The van der Waals surface area contributed by atoms with Gasteiger partial charge in [-0.3, -0.25) is 14.4 Å². The molecule has 1 aromatic heterocycles. The number of rotatable bonds is 15. The van der Waals surface area contributed by atoms with Crippen LogP contribution in [0.15, 0.2) is 48.9 Å². The third-order valence-electron chi connectivity index (χ3n) is 7.20. The fourth-order valence-electron chi connectivity index (χ4n) is 4.82. The number of aromatic nitrogens is 2. The number of methoxy groups -OCH3 is 1. The molecule has 4 atom stereocenters. The van der Waals surface area contributed by atoms with E-state index in [-0.39, 0.29) is 23.9 Å². The number of ether oxygens (including phenoxy) is 1. The maximum Gasteiger partial charge on any atom is 0.331 e. The van der Waals surface area contributed by atoms with Gasteiger partial charge < -0.3 is 26.1 Å². The van der Waals surface area contributed by atoms with Gasteiger partial charge in [0.1, 0.15) is 12.1 Å². The molecule has 0 aliphatic rings. The number of nitrogens with two attached hydrogens (primary N) is 1. The smallest absolute Gasteiger partial charge is 0.331 e. The molecule has 12 nitrogen and oxygen atoms in total. The largest absolute Gasteiger partial charge is 0.467 e. The number of nitrogens with zero attached hydrogens (tertiary/aromatic N) is 3. The molecule has 0 spiro atoms. The number of aromatic amines is 1. The summed E-state index contributed by atoms with van der Waals surface area (Å²) in [5.74, 6) is -3.21. The Morgan fingerprint density at radius 3 is 2.12 bits per heavy atom. The van der Waals surface area contributed by atoms with Crippen molar-refractivity contribution >= 4 is 81.5 Å². The van der Waals surface area contributed by atoms with Crippen molar-refractivity contribution in [2.75, 3.05) is 17.7 Å². The van der Waals surface area contributed by atoms with Gasteiger partial charge in [0.05, 0.1) is 29.2 Å². The lowest BCUT2D eigenvalue weighted by Crippen LogP contribution is -2.64. The van der Waals surface area contributed by atoms with Crippen LogP contribution in [0.3, 0.4) is 0 Å². The lowest BCUT2D eigenvalue weighted by Gasteiger charge is -2.40. The van der Waals surface area contributed by atoms with E-state index < -0.39 is 41.8 Å². The minimum atomic E-state index is -1.48. The molecular weight excluding hydrogens is 704 g/mol. The first-order valence-corrected chi connectivity index (χ1v) is 16.7. The second kappa shape index (κ2) is 18.3. The zero-order valence-corrected chi connectivity index (χ0v) is 30.0. The van der Waals surface area contributed by atoms with Gasteiger partial charge in [-0.2, -0.15) is 5.01 Å². The van der Waals surface area contributed by atoms with Crippen LogP contribution in [-0.4, -0.2) is 75.0 Å². The number of imidazole rings is 1. The van der Waals surface area contributed by atoms with Crippen molar-refractivity contribution in [3.05, 3.63) is 74.7 Å². The van der Waals surface area contributed by atoms with Gasteiger partial charge in [0.15, 0.2) is 6.04 Å². The van der Waals surface area contributed by atoms with Gasteiger partial charge in [-0.05, 0) is 70.0 Å². The number of halogens is 4. The summed E-state index contributed by atoms with van der Waals surface area (Å²) in [7, 11) is 1.15. The molecule has 0 saturated carbocycles. The molecule has 3 aromatic rings. The van der Waals surface area contributed by atoms with Gasteiger partial charge in [-0.25, -0.2) is 14.8 Å². The number of hydrazine groups is 1. The Morgan fingerprint density at radius 1 is 0.896 bits per heavy atom. The summed E-state index contributed by atoms with van der Waals surface area (Å²) < 4.78 is 5.10. The normalized spacial score (nSPS) is 13.5. The highest BCUT2D eigenvalue weighted by atomic mass is 35.5. The molecule has 5 N–H and O–H groups in total. The van der Waals surface area contributed by atoms with Crippen molar-refractivity contribution < 1.29 is 23.9 Å². The highest BCUT2D eigenvalue weighted by molar-refractivity contribution is 6.42. The molecule has 0 aliphatic carbocycles. The molecule has 0 radical (unpaired) electrons. The summed E-state index contributed by atoms with van der Waals surface area (Å²) in [6.45, 7) is 4.88. The third-order valence-corrected chi connectivity index (χ3v) is 8.38. The first kappa shape index (κ1) is 38.9. The van der Waals surface area contributed by atoms with Crippen LogP contribution in [0.5, 0.6) is 0 Å². The van der Waals surface area contributed by atoms with Crippen LogP contribution >= 0.6 is 46.4 Å². The summed E-state index contributed by atoms with van der Waals surface area (Å²) in [6, 6.07) is 5.55.